The van der Waals surface area contributed by atoms with Crippen molar-refractivity contribution in [2.45, 2.75) is 6.92 Å². The highest BCUT2D eigenvalue weighted by atomic mass is 14.7. The van der Waals surface area contributed by atoms with Crippen molar-refractivity contribution in [3.05, 3.63) is 206 Å². The second-order valence-electron chi connectivity index (χ2n) is 16.5. The average Bonchev–Trinajstić information content (AvgIpc) is 3.33. The molecular weight excluding hydrogens is 737 g/mol. The Hall–Kier alpha value is -7.94. The molecule has 0 N–H and O–H groups in total. The molecule has 2 heterocycles. The van der Waals surface area contributed by atoms with Crippen molar-refractivity contribution in [2.75, 3.05) is 0 Å². The summed E-state index contributed by atoms with van der Waals surface area (Å²) in [4.78, 5) is 10.4. The Balaban J connectivity index is 0.983. The van der Waals surface area contributed by atoms with Crippen LogP contribution in [-0.2, 0) is 0 Å². The van der Waals surface area contributed by atoms with E-state index < -0.39 is 0 Å². The van der Waals surface area contributed by atoms with E-state index >= 15 is 0 Å². The largest absolute Gasteiger partial charge is 0.256 e. The van der Waals surface area contributed by atoms with Gasteiger partial charge >= 0.3 is 0 Å². The first-order valence-corrected chi connectivity index (χ1v) is 21.1. The summed E-state index contributed by atoms with van der Waals surface area (Å²) in [5, 5.41) is 19.7. The number of fused-ring (bicyclic) bond motifs is 17. The fourth-order valence-corrected chi connectivity index (χ4v) is 10.4. The summed E-state index contributed by atoms with van der Waals surface area (Å²) >= 11 is 0. The van der Waals surface area contributed by atoms with Crippen molar-refractivity contribution in [1.29, 1.82) is 0 Å². The highest BCUT2D eigenvalue weighted by molar-refractivity contribution is 6.31. The number of nitrogens with zero attached hydrogens (tertiary/aromatic N) is 2. The molecule has 0 saturated heterocycles. The van der Waals surface area contributed by atoms with Gasteiger partial charge in [0.2, 0.25) is 0 Å². The van der Waals surface area contributed by atoms with Crippen LogP contribution in [0, 0.1) is 6.92 Å². The first-order valence-electron chi connectivity index (χ1n) is 21.1. The topological polar surface area (TPSA) is 25.8 Å². The van der Waals surface area contributed by atoms with E-state index in [-0.39, 0.29) is 0 Å². The fourth-order valence-electron chi connectivity index (χ4n) is 10.4. The zero-order valence-corrected chi connectivity index (χ0v) is 33.4. The van der Waals surface area contributed by atoms with Crippen LogP contribution < -0.4 is 0 Å². The molecule has 0 atom stereocenters. The van der Waals surface area contributed by atoms with Gasteiger partial charge in [0.1, 0.15) is 0 Å². The van der Waals surface area contributed by atoms with E-state index in [0.29, 0.717) is 0 Å². The van der Waals surface area contributed by atoms with Crippen LogP contribution in [0.2, 0.25) is 0 Å². The second kappa shape index (κ2) is 13.0. The molecule has 2 nitrogen and oxygen atoms in total. The molecule has 0 spiro atoms. The maximum Gasteiger partial charge on any atom is 0.0800 e. The molecule has 0 aliphatic rings. The van der Waals surface area contributed by atoms with Crippen LogP contribution >= 0.6 is 0 Å². The maximum atomic E-state index is 5.57. The Morgan fingerprint density at radius 3 is 1.59 bits per heavy atom. The molecular formula is C59H36N2. The summed E-state index contributed by atoms with van der Waals surface area (Å²) in [6.07, 6.45) is 1.90. The van der Waals surface area contributed by atoms with Gasteiger partial charge in [-0.1, -0.05) is 170 Å². The smallest absolute Gasteiger partial charge is 0.0800 e. The van der Waals surface area contributed by atoms with Gasteiger partial charge in [0.25, 0.3) is 0 Å². The van der Waals surface area contributed by atoms with Crippen molar-refractivity contribution in [2.24, 2.45) is 0 Å². The zero-order chi connectivity index (χ0) is 40.2. The molecule has 13 rings (SSSR count). The Bertz CT molecular complexity index is 3990. The van der Waals surface area contributed by atoms with E-state index in [0.717, 1.165) is 27.7 Å². The van der Waals surface area contributed by atoms with Crippen LogP contribution in [0.5, 0.6) is 0 Å². The van der Waals surface area contributed by atoms with Gasteiger partial charge in [-0.3, -0.25) is 4.98 Å². The quantitative estimate of drug-likeness (QED) is 0.167. The molecule has 0 amide bonds. The highest BCUT2D eigenvalue weighted by Gasteiger charge is 2.18. The van der Waals surface area contributed by atoms with E-state index in [1.165, 1.54) is 109 Å². The monoisotopic (exact) mass is 772 g/mol. The summed E-state index contributed by atoms with van der Waals surface area (Å²) in [7, 11) is 0. The van der Waals surface area contributed by atoms with E-state index in [1.807, 2.05) is 12.3 Å². The first-order chi connectivity index (χ1) is 30.2. The SMILES string of the molecule is Cc1ccc(-c2ccc3c4ccc(-c5cccc(-c6nc7c8ccccc8c8ccccc8c7c7ccccc67)c5)cc4c4ccccc4c3c2)c2ccc3cccnc3c12. The van der Waals surface area contributed by atoms with E-state index in [2.05, 4.69) is 195 Å². The first kappa shape index (κ1) is 34.0. The van der Waals surface area contributed by atoms with Crippen molar-refractivity contribution in [3.63, 3.8) is 0 Å². The van der Waals surface area contributed by atoms with Gasteiger partial charge in [-0.15, -0.1) is 0 Å². The van der Waals surface area contributed by atoms with Gasteiger partial charge in [0.05, 0.1) is 16.7 Å². The van der Waals surface area contributed by atoms with Crippen molar-refractivity contribution < 1.29 is 0 Å². The fraction of sp³-hybridized carbons (Fsp3) is 0.0169. The summed E-state index contributed by atoms with van der Waals surface area (Å²) in [5.41, 5.74) is 10.2. The van der Waals surface area contributed by atoms with E-state index in [4.69, 9.17) is 9.97 Å². The number of rotatable bonds is 3. The van der Waals surface area contributed by atoms with Gasteiger partial charge in [0.15, 0.2) is 0 Å². The van der Waals surface area contributed by atoms with Gasteiger partial charge in [-0.25, -0.2) is 4.98 Å². The Morgan fingerprint density at radius 1 is 0.311 bits per heavy atom. The van der Waals surface area contributed by atoms with Crippen LogP contribution in [-0.4, -0.2) is 9.97 Å². The molecule has 11 aromatic carbocycles. The van der Waals surface area contributed by atoms with Crippen molar-refractivity contribution in [1.82, 2.24) is 9.97 Å². The van der Waals surface area contributed by atoms with Gasteiger partial charge < -0.3 is 0 Å². The third-order valence-electron chi connectivity index (χ3n) is 13.2. The van der Waals surface area contributed by atoms with Crippen LogP contribution in [0.25, 0.3) is 131 Å². The molecule has 13 aromatic rings. The van der Waals surface area contributed by atoms with Crippen LogP contribution in [0.1, 0.15) is 5.56 Å². The minimum Gasteiger partial charge on any atom is -0.256 e. The van der Waals surface area contributed by atoms with E-state index in [9.17, 15) is 0 Å². The van der Waals surface area contributed by atoms with Gasteiger partial charge in [-0.05, 0) is 118 Å². The summed E-state index contributed by atoms with van der Waals surface area (Å²) in [6.45, 7) is 2.19. The molecule has 0 radical (unpaired) electrons. The zero-order valence-electron chi connectivity index (χ0n) is 33.4. The third-order valence-corrected chi connectivity index (χ3v) is 13.2. The Morgan fingerprint density at radius 2 is 0.852 bits per heavy atom. The predicted molar refractivity (Wildman–Crippen MR) is 261 cm³/mol. The van der Waals surface area contributed by atoms with Crippen LogP contribution in [0.3, 0.4) is 0 Å². The number of benzene rings is 11. The van der Waals surface area contributed by atoms with Gasteiger partial charge in [0, 0.05) is 38.7 Å². The number of aryl methyl sites for hydroxylation is 1. The van der Waals surface area contributed by atoms with E-state index in [1.54, 1.807) is 0 Å². The molecule has 2 aromatic heterocycles. The molecule has 0 aliphatic heterocycles. The lowest BCUT2D eigenvalue weighted by molar-refractivity contribution is 1.42. The molecule has 0 fully saturated rings. The molecule has 282 valence electrons. The Labute approximate surface area is 352 Å². The molecule has 0 saturated carbocycles. The van der Waals surface area contributed by atoms with Gasteiger partial charge in [-0.2, -0.15) is 0 Å². The molecule has 0 unspecified atom stereocenters. The van der Waals surface area contributed by atoms with Crippen molar-refractivity contribution in [3.8, 4) is 33.5 Å². The predicted octanol–water partition coefficient (Wildman–Crippen LogP) is 16.2. The summed E-state index contributed by atoms with van der Waals surface area (Å²) in [6, 6.07) is 71.3. The lowest BCUT2D eigenvalue weighted by Gasteiger charge is -2.16. The lowest BCUT2D eigenvalue weighted by Crippen LogP contribution is -1.93. The normalized spacial score (nSPS) is 12.0. The second-order valence-corrected chi connectivity index (χ2v) is 16.5. The average molecular weight is 773 g/mol. The number of aromatic nitrogens is 2. The standard InChI is InChI=1S/C59H36N2/c1-35-23-27-41(50-30-24-36-14-11-31-60-58(36)55(35)50)39-26-29-47-46-28-25-38(33-53(46)44-17-2-3-18-45(44)54(47)34-39)37-12-10-13-40(32-37)57-52-22-9-7-20-49(52)56-48-19-6-4-15-42(48)43-16-5-8-21-51(43)59(56)61-57/h2-34H,1H3. The molecule has 61 heavy (non-hydrogen) atoms. The summed E-state index contributed by atoms with van der Waals surface area (Å²) < 4.78 is 0. The maximum absolute atomic E-state index is 5.57. The molecule has 0 aliphatic carbocycles. The minimum atomic E-state index is 1.00. The minimum absolute atomic E-state index is 1.00. The number of hydrogen-bond donors (Lipinski definition) is 0. The van der Waals surface area contributed by atoms with Crippen LogP contribution in [0.15, 0.2) is 200 Å². The van der Waals surface area contributed by atoms with Crippen LogP contribution in [0.4, 0.5) is 0 Å². The summed E-state index contributed by atoms with van der Waals surface area (Å²) in [5.74, 6) is 0. The third kappa shape index (κ3) is 5.03. The van der Waals surface area contributed by atoms with Crippen molar-refractivity contribution >= 4 is 97.2 Å². The Kier molecular flexibility index (Phi) is 7.26. The number of pyridine rings is 2. The molecule has 0 bridgehead atoms. The molecule has 2 heteroatoms. The number of hydrogen-bond acceptors (Lipinski definition) is 2. The lowest BCUT2D eigenvalue weighted by atomic mass is 9.88. The highest BCUT2D eigenvalue weighted by Crippen LogP contribution is 2.44.